The maximum Gasteiger partial charge on any atom is 0.311 e. The number of rotatable bonds is 6. The summed E-state index contributed by atoms with van der Waals surface area (Å²) in [5.74, 6) is -1.09. The van der Waals surface area contributed by atoms with Gasteiger partial charge in [0.15, 0.2) is 6.61 Å². The Morgan fingerprint density at radius 1 is 1.04 bits per heavy atom. The highest BCUT2D eigenvalue weighted by Crippen LogP contribution is 2.25. The number of likely N-dealkylation sites (tertiary alicyclic amines) is 1. The molecule has 1 aliphatic rings. The molecule has 0 saturated carbocycles. The van der Waals surface area contributed by atoms with E-state index in [1.165, 1.54) is 0 Å². The Morgan fingerprint density at radius 3 is 2.27 bits per heavy atom. The highest BCUT2D eigenvalue weighted by atomic mass is 16.6. The van der Waals surface area contributed by atoms with Gasteiger partial charge < -0.3 is 9.64 Å². The van der Waals surface area contributed by atoms with Crippen molar-refractivity contribution < 1.29 is 24.2 Å². The molecule has 1 aromatic rings. The highest BCUT2D eigenvalue weighted by Gasteiger charge is 2.23. The van der Waals surface area contributed by atoms with Crippen LogP contribution >= 0.6 is 0 Å². The molecule has 1 heterocycles. The number of esters is 1. The summed E-state index contributed by atoms with van der Waals surface area (Å²) in [7, 11) is 0. The topological polar surface area (TPSA) is 133 Å². The standard InChI is InChI=1S/C16H19N3O7/c20-15(17-7-3-1-2-4-8-17)11-26-16(21)9-12-5-6-13(18(22)23)10-14(12)19(24)25/h5-6,10H,1-4,7-9,11H2. The van der Waals surface area contributed by atoms with Crippen molar-refractivity contribution in [3.63, 3.8) is 0 Å². The minimum Gasteiger partial charge on any atom is -0.455 e. The molecule has 0 aliphatic carbocycles. The van der Waals surface area contributed by atoms with Crippen LogP contribution < -0.4 is 0 Å². The lowest BCUT2D eigenvalue weighted by atomic mass is 10.1. The summed E-state index contributed by atoms with van der Waals surface area (Å²) >= 11 is 0. The number of benzene rings is 1. The zero-order valence-corrected chi connectivity index (χ0v) is 14.1. The summed E-state index contributed by atoms with van der Waals surface area (Å²) in [5, 5.41) is 21.8. The SMILES string of the molecule is O=C(Cc1ccc([N+](=O)[O-])cc1[N+](=O)[O-])OCC(=O)N1CCCCCC1. The molecule has 1 aliphatic heterocycles. The Balaban J connectivity index is 1.95. The molecule has 10 nitrogen and oxygen atoms in total. The third-order valence-electron chi connectivity index (χ3n) is 4.13. The number of carbonyl (C=O) groups is 2. The molecule has 0 spiro atoms. The Labute approximate surface area is 149 Å². The van der Waals surface area contributed by atoms with E-state index in [0.717, 1.165) is 43.9 Å². The van der Waals surface area contributed by atoms with Crippen LogP contribution in [0.3, 0.4) is 0 Å². The number of hydrogen-bond donors (Lipinski definition) is 0. The molecule has 140 valence electrons. The van der Waals surface area contributed by atoms with Gasteiger partial charge in [-0.05, 0) is 18.9 Å². The predicted octanol–water partition coefficient (Wildman–Crippen LogP) is 1.99. The molecular weight excluding hydrogens is 346 g/mol. The first kappa shape index (κ1) is 19.3. The van der Waals surface area contributed by atoms with E-state index in [1.54, 1.807) is 4.90 Å². The summed E-state index contributed by atoms with van der Waals surface area (Å²) in [6.07, 6.45) is 3.51. The normalized spacial score (nSPS) is 14.4. The maximum atomic E-state index is 12.1. The minimum absolute atomic E-state index is 0.00665. The number of ether oxygens (including phenoxy) is 1. The minimum atomic E-state index is -0.801. The van der Waals surface area contributed by atoms with Crippen molar-refractivity contribution in [3.05, 3.63) is 44.0 Å². The van der Waals surface area contributed by atoms with Gasteiger partial charge in [-0.1, -0.05) is 12.8 Å². The van der Waals surface area contributed by atoms with Crippen LogP contribution in [0.15, 0.2) is 18.2 Å². The van der Waals surface area contributed by atoms with Gasteiger partial charge >= 0.3 is 5.97 Å². The zero-order valence-electron chi connectivity index (χ0n) is 14.1. The Kier molecular flexibility index (Phi) is 6.59. The van der Waals surface area contributed by atoms with Gasteiger partial charge in [0.25, 0.3) is 17.3 Å². The first-order chi connectivity index (χ1) is 12.4. The average Bonchev–Trinajstić information content (AvgIpc) is 2.89. The lowest BCUT2D eigenvalue weighted by Gasteiger charge is -2.19. The van der Waals surface area contributed by atoms with E-state index in [2.05, 4.69) is 0 Å². The summed E-state index contributed by atoms with van der Waals surface area (Å²) < 4.78 is 4.93. The average molecular weight is 365 g/mol. The fourth-order valence-electron chi connectivity index (χ4n) is 2.75. The summed E-state index contributed by atoms with van der Waals surface area (Å²) in [6, 6.07) is 3.02. The monoisotopic (exact) mass is 365 g/mol. The Bertz CT molecular complexity index is 712. The summed E-state index contributed by atoms with van der Waals surface area (Å²) in [5.41, 5.74) is -0.979. The van der Waals surface area contributed by atoms with E-state index in [0.29, 0.717) is 13.1 Å². The van der Waals surface area contributed by atoms with Crippen LogP contribution in [0, 0.1) is 20.2 Å². The number of hydrogen-bond acceptors (Lipinski definition) is 7. The van der Waals surface area contributed by atoms with Gasteiger partial charge in [-0.2, -0.15) is 0 Å². The van der Waals surface area contributed by atoms with Gasteiger partial charge in [0.05, 0.1) is 22.3 Å². The quantitative estimate of drug-likeness (QED) is 0.427. The van der Waals surface area contributed by atoms with Crippen LogP contribution in [0.2, 0.25) is 0 Å². The molecule has 1 aromatic carbocycles. The molecule has 26 heavy (non-hydrogen) atoms. The van der Waals surface area contributed by atoms with Gasteiger partial charge in [0.1, 0.15) is 0 Å². The molecule has 0 aromatic heterocycles. The molecule has 0 radical (unpaired) electrons. The van der Waals surface area contributed by atoms with Crippen LogP contribution in [-0.2, 0) is 20.7 Å². The number of nitro benzene ring substituents is 2. The number of amides is 1. The number of non-ortho nitro benzene ring substituents is 1. The number of nitrogens with zero attached hydrogens (tertiary/aromatic N) is 3. The van der Waals surface area contributed by atoms with Gasteiger partial charge in [-0.3, -0.25) is 29.8 Å². The second-order valence-corrected chi connectivity index (χ2v) is 5.96. The lowest BCUT2D eigenvalue weighted by Crippen LogP contribution is -2.35. The largest absolute Gasteiger partial charge is 0.455 e. The first-order valence-electron chi connectivity index (χ1n) is 8.23. The molecule has 1 amide bonds. The van der Waals surface area contributed by atoms with Crippen molar-refractivity contribution >= 4 is 23.3 Å². The molecule has 0 unspecified atom stereocenters. The van der Waals surface area contributed by atoms with E-state index in [-0.39, 0.29) is 11.5 Å². The van der Waals surface area contributed by atoms with E-state index in [4.69, 9.17) is 4.74 Å². The van der Waals surface area contributed by atoms with Crippen LogP contribution in [0.1, 0.15) is 31.2 Å². The van der Waals surface area contributed by atoms with Gasteiger partial charge in [0.2, 0.25) is 0 Å². The van der Waals surface area contributed by atoms with Gasteiger partial charge in [0, 0.05) is 24.7 Å². The molecule has 1 saturated heterocycles. The van der Waals surface area contributed by atoms with Crippen LogP contribution in [0.5, 0.6) is 0 Å². The number of carbonyl (C=O) groups excluding carboxylic acids is 2. The van der Waals surface area contributed by atoms with Gasteiger partial charge in [-0.25, -0.2) is 0 Å². The van der Waals surface area contributed by atoms with Crippen molar-refractivity contribution in [1.82, 2.24) is 4.90 Å². The summed E-state index contributed by atoms with van der Waals surface area (Å²) in [4.78, 5) is 45.8. The maximum absolute atomic E-state index is 12.1. The van der Waals surface area contributed by atoms with Crippen LogP contribution in [0.25, 0.3) is 0 Å². The smallest absolute Gasteiger partial charge is 0.311 e. The molecule has 1 fully saturated rings. The van der Waals surface area contributed by atoms with Crippen molar-refractivity contribution in [2.24, 2.45) is 0 Å². The fraction of sp³-hybridized carbons (Fsp3) is 0.500. The molecule has 0 bridgehead atoms. The van der Waals surface area contributed by atoms with Gasteiger partial charge in [-0.15, -0.1) is 0 Å². The fourth-order valence-corrected chi connectivity index (χ4v) is 2.75. The van der Waals surface area contributed by atoms with E-state index in [1.807, 2.05) is 0 Å². The molecule has 0 atom stereocenters. The van der Waals surface area contributed by atoms with Crippen LogP contribution in [-0.4, -0.2) is 46.3 Å². The molecule has 0 N–H and O–H groups in total. The van der Waals surface area contributed by atoms with E-state index < -0.39 is 40.2 Å². The Morgan fingerprint density at radius 2 is 1.69 bits per heavy atom. The van der Waals surface area contributed by atoms with Crippen molar-refractivity contribution in [3.8, 4) is 0 Å². The second kappa shape index (κ2) is 8.88. The lowest BCUT2D eigenvalue weighted by molar-refractivity contribution is -0.394. The first-order valence-corrected chi connectivity index (χ1v) is 8.23. The van der Waals surface area contributed by atoms with Crippen molar-refractivity contribution in [1.29, 1.82) is 0 Å². The zero-order chi connectivity index (χ0) is 19.1. The van der Waals surface area contributed by atoms with Crippen molar-refractivity contribution in [2.75, 3.05) is 19.7 Å². The number of nitro groups is 2. The van der Waals surface area contributed by atoms with E-state index in [9.17, 15) is 29.8 Å². The van der Waals surface area contributed by atoms with E-state index >= 15 is 0 Å². The third kappa shape index (κ3) is 5.23. The highest BCUT2D eigenvalue weighted by molar-refractivity contribution is 5.81. The Hall–Kier alpha value is -3.04. The van der Waals surface area contributed by atoms with Crippen molar-refractivity contribution in [2.45, 2.75) is 32.1 Å². The third-order valence-corrected chi connectivity index (χ3v) is 4.13. The predicted molar refractivity (Wildman–Crippen MR) is 89.5 cm³/mol. The second-order valence-electron chi connectivity index (χ2n) is 5.96. The molecule has 10 heteroatoms. The molecule has 2 rings (SSSR count). The summed E-state index contributed by atoms with van der Waals surface area (Å²) in [6.45, 7) is 0.841. The molecular formula is C16H19N3O7. The van der Waals surface area contributed by atoms with Crippen LogP contribution in [0.4, 0.5) is 11.4 Å².